The van der Waals surface area contributed by atoms with Crippen LogP contribution in [0.3, 0.4) is 0 Å². The fourth-order valence-corrected chi connectivity index (χ4v) is 3.71. The molecule has 0 aliphatic carbocycles. The SMILES string of the molecule is CCOC(=O)CN(Cc1nc(N(C)c2ccccc2)sc1C(=O)OCC)C(=O)OC(C)(C)C. The smallest absolute Gasteiger partial charge is 0.411 e. The Bertz CT molecular complexity index is 955. The molecule has 1 aromatic heterocycles. The number of carbonyl (C=O) groups excluding carboxylic acids is 3. The van der Waals surface area contributed by atoms with Crippen LogP contribution in [0.15, 0.2) is 30.3 Å². The molecule has 0 bridgehead atoms. The molecule has 0 N–H and O–H groups in total. The lowest BCUT2D eigenvalue weighted by molar-refractivity contribution is -0.144. The van der Waals surface area contributed by atoms with Gasteiger partial charge in [-0.25, -0.2) is 14.6 Å². The number of amides is 1. The van der Waals surface area contributed by atoms with E-state index in [1.807, 2.05) is 42.3 Å². The van der Waals surface area contributed by atoms with E-state index in [0.717, 1.165) is 17.0 Å². The molecule has 0 aliphatic rings. The Morgan fingerprint density at radius 3 is 2.24 bits per heavy atom. The first-order chi connectivity index (χ1) is 15.6. The lowest BCUT2D eigenvalue weighted by atomic mass is 10.2. The molecular weight excluding hydrogens is 446 g/mol. The summed E-state index contributed by atoms with van der Waals surface area (Å²) in [6.45, 7) is 8.49. The van der Waals surface area contributed by atoms with Gasteiger partial charge in [0, 0.05) is 12.7 Å². The molecule has 180 valence electrons. The van der Waals surface area contributed by atoms with E-state index in [9.17, 15) is 14.4 Å². The van der Waals surface area contributed by atoms with E-state index < -0.39 is 23.6 Å². The van der Waals surface area contributed by atoms with E-state index in [1.54, 1.807) is 34.6 Å². The zero-order chi connectivity index (χ0) is 24.6. The number of aromatic nitrogens is 1. The first-order valence-corrected chi connectivity index (χ1v) is 11.5. The highest BCUT2D eigenvalue weighted by Gasteiger charge is 2.29. The Morgan fingerprint density at radius 1 is 1.03 bits per heavy atom. The van der Waals surface area contributed by atoms with E-state index in [-0.39, 0.29) is 31.2 Å². The summed E-state index contributed by atoms with van der Waals surface area (Å²) < 4.78 is 15.6. The van der Waals surface area contributed by atoms with Crippen LogP contribution >= 0.6 is 11.3 Å². The normalized spacial score (nSPS) is 11.0. The number of anilines is 2. The van der Waals surface area contributed by atoms with Gasteiger partial charge < -0.3 is 19.1 Å². The van der Waals surface area contributed by atoms with E-state index in [1.165, 1.54) is 4.90 Å². The minimum atomic E-state index is -0.769. The van der Waals surface area contributed by atoms with Gasteiger partial charge in [-0.05, 0) is 46.8 Å². The highest BCUT2D eigenvalue weighted by molar-refractivity contribution is 7.17. The lowest BCUT2D eigenvalue weighted by Gasteiger charge is -2.26. The number of hydrogen-bond donors (Lipinski definition) is 0. The summed E-state index contributed by atoms with van der Waals surface area (Å²) in [6, 6.07) is 9.53. The van der Waals surface area contributed by atoms with Gasteiger partial charge in [-0.2, -0.15) is 0 Å². The van der Waals surface area contributed by atoms with Crippen LogP contribution in [-0.4, -0.2) is 60.3 Å². The van der Waals surface area contributed by atoms with Crippen LogP contribution in [0.1, 0.15) is 50.0 Å². The maximum atomic E-state index is 12.8. The van der Waals surface area contributed by atoms with Gasteiger partial charge in [0.15, 0.2) is 5.13 Å². The summed E-state index contributed by atoms with van der Waals surface area (Å²) in [4.78, 5) is 45.5. The highest BCUT2D eigenvalue weighted by Crippen LogP contribution is 2.32. The van der Waals surface area contributed by atoms with Crippen molar-refractivity contribution in [3.8, 4) is 0 Å². The van der Waals surface area contributed by atoms with Crippen LogP contribution in [0.4, 0.5) is 15.6 Å². The number of nitrogens with zero attached hydrogens (tertiary/aromatic N) is 3. The molecule has 0 spiro atoms. The number of para-hydroxylation sites is 1. The van der Waals surface area contributed by atoms with Crippen LogP contribution in [0.2, 0.25) is 0 Å². The predicted octanol–water partition coefficient (Wildman–Crippen LogP) is 4.39. The third kappa shape index (κ3) is 7.74. The zero-order valence-electron chi connectivity index (χ0n) is 19.9. The van der Waals surface area contributed by atoms with Crippen LogP contribution < -0.4 is 4.90 Å². The second-order valence-electron chi connectivity index (χ2n) is 8.03. The topological polar surface area (TPSA) is 98.3 Å². The van der Waals surface area contributed by atoms with Crippen LogP contribution in [0.5, 0.6) is 0 Å². The summed E-state index contributed by atoms with van der Waals surface area (Å²) in [5.74, 6) is -1.13. The third-order valence-electron chi connectivity index (χ3n) is 4.19. The fraction of sp³-hybridized carbons (Fsp3) is 0.478. The predicted molar refractivity (Wildman–Crippen MR) is 126 cm³/mol. The summed E-state index contributed by atoms with van der Waals surface area (Å²) in [6.07, 6.45) is -0.712. The molecule has 0 aliphatic heterocycles. The van der Waals surface area contributed by atoms with Gasteiger partial charge in [0.25, 0.3) is 0 Å². The first-order valence-electron chi connectivity index (χ1n) is 10.6. The minimum Gasteiger partial charge on any atom is -0.465 e. The Balaban J connectivity index is 2.41. The van der Waals surface area contributed by atoms with Gasteiger partial charge in [0.1, 0.15) is 17.0 Å². The molecule has 33 heavy (non-hydrogen) atoms. The number of thiazole rings is 1. The van der Waals surface area contributed by atoms with Crippen molar-refractivity contribution >= 4 is 40.2 Å². The quantitative estimate of drug-likeness (QED) is 0.387. The molecule has 0 unspecified atom stereocenters. The molecule has 2 rings (SSSR count). The van der Waals surface area contributed by atoms with Gasteiger partial charge in [0.05, 0.1) is 25.5 Å². The van der Waals surface area contributed by atoms with Crippen molar-refractivity contribution in [1.29, 1.82) is 0 Å². The number of rotatable bonds is 9. The molecule has 10 heteroatoms. The van der Waals surface area contributed by atoms with E-state index >= 15 is 0 Å². The van der Waals surface area contributed by atoms with Gasteiger partial charge in [0.2, 0.25) is 0 Å². The molecule has 0 atom stereocenters. The van der Waals surface area contributed by atoms with Gasteiger partial charge in [-0.1, -0.05) is 29.5 Å². The van der Waals surface area contributed by atoms with Crippen molar-refractivity contribution < 1.29 is 28.6 Å². The average Bonchev–Trinajstić information content (AvgIpc) is 3.16. The lowest BCUT2D eigenvalue weighted by Crippen LogP contribution is -2.40. The maximum Gasteiger partial charge on any atom is 0.411 e. The van der Waals surface area contributed by atoms with Crippen LogP contribution in [0.25, 0.3) is 0 Å². The maximum absolute atomic E-state index is 12.8. The number of carbonyl (C=O) groups is 3. The second kappa shape index (κ2) is 11.6. The Kier molecular flexibility index (Phi) is 9.22. The molecule has 0 saturated carbocycles. The summed E-state index contributed by atoms with van der Waals surface area (Å²) >= 11 is 1.15. The third-order valence-corrected chi connectivity index (χ3v) is 5.35. The Morgan fingerprint density at radius 2 is 1.67 bits per heavy atom. The first kappa shape index (κ1) is 26.1. The van der Waals surface area contributed by atoms with Crippen LogP contribution in [-0.2, 0) is 25.5 Å². The Labute approximate surface area is 198 Å². The summed E-state index contributed by atoms with van der Waals surface area (Å²) in [5, 5.41) is 0.541. The number of ether oxygens (including phenoxy) is 3. The largest absolute Gasteiger partial charge is 0.465 e. The van der Waals surface area contributed by atoms with Crippen molar-refractivity contribution in [2.24, 2.45) is 0 Å². The van der Waals surface area contributed by atoms with Crippen molar-refractivity contribution in [2.45, 2.75) is 46.8 Å². The standard InChI is InChI=1S/C23H31N3O6S/c1-7-30-18(27)15-26(22(29)32-23(3,4)5)14-17-19(20(28)31-8-2)33-21(24-17)25(6)16-12-10-9-11-13-16/h9-13H,7-8,14-15H2,1-6H3. The molecule has 1 heterocycles. The molecule has 2 aromatic rings. The number of benzene rings is 1. The van der Waals surface area contributed by atoms with E-state index in [0.29, 0.717) is 10.8 Å². The zero-order valence-corrected chi connectivity index (χ0v) is 20.7. The number of esters is 2. The molecule has 0 fully saturated rings. The van der Waals surface area contributed by atoms with Crippen molar-refractivity contribution in [1.82, 2.24) is 9.88 Å². The molecule has 0 saturated heterocycles. The van der Waals surface area contributed by atoms with E-state index in [2.05, 4.69) is 4.98 Å². The summed E-state index contributed by atoms with van der Waals surface area (Å²) in [7, 11) is 1.83. The monoisotopic (exact) mass is 477 g/mol. The Hall–Kier alpha value is -3.14. The molecule has 0 radical (unpaired) electrons. The van der Waals surface area contributed by atoms with Gasteiger partial charge in [-0.3, -0.25) is 9.69 Å². The minimum absolute atomic E-state index is 0.124. The van der Waals surface area contributed by atoms with Gasteiger partial charge in [-0.15, -0.1) is 0 Å². The fourth-order valence-electron chi connectivity index (χ4n) is 2.76. The number of hydrogen-bond acceptors (Lipinski definition) is 9. The summed E-state index contributed by atoms with van der Waals surface area (Å²) in [5.41, 5.74) is 0.421. The molecule has 1 aromatic carbocycles. The van der Waals surface area contributed by atoms with E-state index in [4.69, 9.17) is 14.2 Å². The van der Waals surface area contributed by atoms with Crippen molar-refractivity contribution in [2.75, 3.05) is 31.7 Å². The van der Waals surface area contributed by atoms with Crippen molar-refractivity contribution in [3.63, 3.8) is 0 Å². The molecular formula is C23H31N3O6S. The second-order valence-corrected chi connectivity index (χ2v) is 9.01. The average molecular weight is 478 g/mol. The molecule has 1 amide bonds. The highest BCUT2D eigenvalue weighted by atomic mass is 32.1. The molecule has 9 nitrogen and oxygen atoms in total. The van der Waals surface area contributed by atoms with Crippen molar-refractivity contribution in [3.05, 3.63) is 40.9 Å². The van der Waals surface area contributed by atoms with Crippen LogP contribution in [0, 0.1) is 0 Å². The van der Waals surface area contributed by atoms with Gasteiger partial charge >= 0.3 is 18.0 Å².